The summed E-state index contributed by atoms with van der Waals surface area (Å²) in [5, 5.41) is 14.8. The molecule has 1 saturated heterocycles. The van der Waals surface area contributed by atoms with Gasteiger partial charge in [-0.05, 0) is 43.2 Å². The van der Waals surface area contributed by atoms with Gasteiger partial charge in [0, 0.05) is 18.3 Å². The minimum atomic E-state index is -0.302. The third-order valence-corrected chi connectivity index (χ3v) is 4.46. The lowest BCUT2D eigenvalue weighted by Gasteiger charge is -2.23. The molecule has 8 heteroatoms. The smallest absolute Gasteiger partial charge is 0.272 e. The number of likely N-dealkylation sites (tertiary alicyclic amines) is 1. The maximum absolute atomic E-state index is 13.0. The van der Waals surface area contributed by atoms with E-state index in [1.807, 2.05) is 4.90 Å². The summed E-state index contributed by atoms with van der Waals surface area (Å²) in [5.74, 6) is -0.382. The molecule has 1 N–H and O–H groups in total. The number of amides is 1. The van der Waals surface area contributed by atoms with Gasteiger partial charge in [-0.1, -0.05) is 5.21 Å². The van der Waals surface area contributed by atoms with Crippen LogP contribution in [0.5, 0.6) is 0 Å². The number of aromatic amines is 1. The van der Waals surface area contributed by atoms with Gasteiger partial charge in [-0.3, -0.25) is 14.6 Å². The zero-order valence-electron chi connectivity index (χ0n) is 13.5. The summed E-state index contributed by atoms with van der Waals surface area (Å²) in [5.41, 5.74) is 1.82. The number of halogens is 1. The third kappa shape index (κ3) is 3.15. The highest BCUT2D eigenvalue weighted by molar-refractivity contribution is 5.93. The second kappa shape index (κ2) is 6.46. The number of H-pyrrole nitrogens is 1. The average Bonchev–Trinajstić information content (AvgIpc) is 3.37. The first-order valence-electron chi connectivity index (χ1n) is 8.17. The molecule has 0 unspecified atom stereocenters. The van der Waals surface area contributed by atoms with Crippen LogP contribution < -0.4 is 0 Å². The first kappa shape index (κ1) is 15.5. The van der Waals surface area contributed by atoms with Crippen LogP contribution in [0, 0.1) is 5.82 Å². The summed E-state index contributed by atoms with van der Waals surface area (Å²) in [7, 11) is 0. The van der Waals surface area contributed by atoms with Crippen LogP contribution in [0.25, 0.3) is 11.3 Å². The summed E-state index contributed by atoms with van der Waals surface area (Å²) < 4.78 is 14.8. The predicted octanol–water partition coefficient (Wildman–Crippen LogP) is 2.11. The molecule has 1 fully saturated rings. The molecule has 0 radical (unpaired) electrons. The van der Waals surface area contributed by atoms with E-state index in [9.17, 15) is 9.18 Å². The van der Waals surface area contributed by atoms with Crippen LogP contribution >= 0.6 is 0 Å². The van der Waals surface area contributed by atoms with Crippen LogP contribution in [-0.2, 0) is 6.54 Å². The molecule has 7 nitrogen and oxygen atoms in total. The Morgan fingerprint density at radius 3 is 2.92 bits per heavy atom. The van der Waals surface area contributed by atoms with Gasteiger partial charge >= 0.3 is 0 Å². The molecular formula is C17H17FN6O. The van der Waals surface area contributed by atoms with E-state index in [4.69, 9.17) is 0 Å². The SMILES string of the molecule is O=C(c1cc(-c2ccc(F)cc2)n[nH]1)N1CCC[C@H]1Cn1ccnn1. The minimum absolute atomic E-state index is 0.0801. The fraction of sp³-hybridized carbons (Fsp3) is 0.294. The molecular weight excluding hydrogens is 323 g/mol. The quantitative estimate of drug-likeness (QED) is 0.789. The molecule has 1 aromatic carbocycles. The van der Waals surface area contributed by atoms with Crippen molar-refractivity contribution in [3.05, 3.63) is 54.2 Å². The highest BCUT2D eigenvalue weighted by Gasteiger charge is 2.30. The molecule has 0 aliphatic carbocycles. The Morgan fingerprint density at radius 2 is 2.16 bits per heavy atom. The summed E-state index contributed by atoms with van der Waals surface area (Å²) in [6.45, 7) is 1.34. The molecule has 1 amide bonds. The fourth-order valence-electron chi connectivity index (χ4n) is 3.19. The molecule has 0 spiro atoms. The Hall–Kier alpha value is -3.03. The van der Waals surface area contributed by atoms with E-state index in [1.54, 1.807) is 35.3 Å². The Balaban J connectivity index is 1.51. The van der Waals surface area contributed by atoms with E-state index >= 15 is 0 Å². The van der Waals surface area contributed by atoms with Crippen molar-refractivity contribution < 1.29 is 9.18 Å². The van der Waals surface area contributed by atoms with Crippen LogP contribution in [0.1, 0.15) is 23.3 Å². The number of benzene rings is 1. The number of hydrogen-bond donors (Lipinski definition) is 1. The van der Waals surface area contributed by atoms with Gasteiger partial charge in [0.1, 0.15) is 11.5 Å². The van der Waals surface area contributed by atoms with Gasteiger partial charge in [0.15, 0.2) is 0 Å². The van der Waals surface area contributed by atoms with E-state index < -0.39 is 0 Å². The molecule has 1 aliphatic rings. The average molecular weight is 340 g/mol. The predicted molar refractivity (Wildman–Crippen MR) is 88.1 cm³/mol. The van der Waals surface area contributed by atoms with E-state index in [-0.39, 0.29) is 17.8 Å². The monoisotopic (exact) mass is 340 g/mol. The van der Waals surface area contributed by atoms with Crippen LogP contribution in [0.4, 0.5) is 4.39 Å². The Morgan fingerprint density at radius 1 is 1.32 bits per heavy atom. The lowest BCUT2D eigenvalue weighted by Crippen LogP contribution is -2.38. The molecule has 1 atom stereocenters. The van der Waals surface area contributed by atoms with Crippen molar-refractivity contribution in [2.24, 2.45) is 0 Å². The van der Waals surface area contributed by atoms with Crippen LogP contribution in [0.2, 0.25) is 0 Å². The molecule has 3 aromatic rings. The lowest BCUT2D eigenvalue weighted by molar-refractivity contribution is 0.0715. The van der Waals surface area contributed by atoms with E-state index in [2.05, 4.69) is 20.5 Å². The largest absolute Gasteiger partial charge is 0.332 e. The van der Waals surface area contributed by atoms with Crippen molar-refractivity contribution in [3.8, 4) is 11.3 Å². The van der Waals surface area contributed by atoms with Crippen molar-refractivity contribution in [1.82, 2.24) is 30.1 Å². The van der Waals surface area contributed by atoms with E-state index in [0.29, 0.717) is 24.5 Å². The summed E-state index contributed by atoms with van der Waals surface area (Å²) >= 11 is 0. The molecule has 0 bridgehead atoms. The maximum Gasteiger partial charge on any atom is 0.272 e. The highest BCUT2D eigenvalue weighted by atomic mass is 19.1. The topological polar surface area (TPSA) is 79.7 Å². The summed E-state index contributed by atoms with van der Waals surface area (Å²) in [4.78, 5) is 14.7. The molecule has 25 heavy (non-hydrogen) atoms. The van der Waals surface area contributed by atoms with E-state index in [0.717, 1.165) is 18.4 Å². The van der Waals surface area contributed by atoms with Crippen molar-refractivity contribution in [1.29, 1.82) is 0 Å². The third-order valence-electron chi connectivity index (χ3n) is 4.46. The Labute approximate surface area is 143 Å². The second-order valence-electron chi connectivity index (χ2n) is 6.09. The normalized spacial score (nSPS) is 17.2. The van der Waals surface area contributed by atoms with Crippen molar-refractivity contribution in [2.45, 2.75) is 25.4 Å². The fourth-order valence-corrected chi connectivity index (χ4v) is 3.19. The molecule has 3 heterocycles. The van der Waals surface area contributed by atoms with Crippen LogP contribution in [0.15, 0.2) is 42.7 Å². The van der Waals surface area contributed by atoms with Crippen molar-refractivity contribution in [3.63, 3.8) is 0 Å². The molecule has 4 rings (SSSR count). The number of nitrogens with zero attached hydrogens (tertiary/aromatic N) is 5. The van der Waals surface area contributed by atoms with Gasteiger partial charge in [0.2, 0.25) is 0 Å². The maximum atomic E-state index is 13.0. The number of carbonyl (C=O) groups is 1. The van der Waals surface area contributed by atoms with Crippen LogP contribution in [0.3, 0.4) is 0 Å². The van der Waals surface area contributed by atoms with Crippen molar-refractivity contribution in [2.75, 3.05) is 6.54 Å². The number of carbonyl (C=O) groups excluding carboxylic acids is 1. The van der Waals surface area contributed by atoms with Gasteiger partial charge in [0.05, 0.1) is 24.5 Å². The number of nitrogens with one attached hydrogen (secondary N) is 1. The number of rotatable bonds is 4. The highest BCUT2D eigenvalue weighted by Crippen LogP contribution is 2.23. The Kier molecular flexibility index (Phi) is 4.01. The van der Waals surface area contributed by atoms with Gasteiger partial charge in [-0.25, -0.2) is 4.39 Å². The first-order valence-corrected chi connectivity index (χ1v) is 8.17. The zero-order valence-corrected chi connectivity index (χ0v) is 13.5. The second-order valence-corrected chi connectivity index (χ2v) is 6.09. The lowest BCUT2D eigenvalue weighted by atomic mass is 10.1. The number of aromatic nitrogens is 5. The standard InChI is InChI=1S/C17H17FN6O/c18-13-5-3-12(4-6-13)15-10-16(21-20-15)17(25)24-8-1-2-14(24)11-23-9-7-19-22-23/h3-7,9-10,14H,1-2,8,11H2,(H,20,21)/t14-/m0/s1. The van der Waals surface area contributed by atoms with Gasteiger partial charge in [0.25, 0.3) is 5.91 Å². The van der Waals surface area contributed by atoms with Crippen molar-refractivity contribution >= 4 is 5.91 Å². The molecule has 2 aromatic heterocycles. The summed E-state index contributed by atoms with van der Waals surface area (Å²) in [6.07, 6.45) is 5.32. The first-order chi connectivity index (χ1) is 12.2. The Bertz CT molecular complexity index is 858. The molecule has 0 saturated carbocycles. The number of hydrogen-bond acceptors (Lipinski definition) is 4. The van der Waals surface area contributed by atoms with E-state index in [1.165, 1.54) is 12.1 Å². The molecule has 128 valence electrons. The zero-order chi connectivity index (χ0) is 17.2. The molecule has 1 aliphatic heterocycles. The van der Waals surface area contributed by atoms with Gasteiger partial charge in [-0.15, -0.1) is 5.10 Å². The van der Waals surface area contributed by atoms with Gasteiger partial charge in [-0.2, -0.15) is 5.10 Å². The summed E-state index contributed by atoms with van der Waals surface area (Å²) in [6, 6.07) is 7.83. The van der Waals surface area contributed by atoms with Crippen LogP contribution in [-0.4, -0.2) is 48.6 Å². The minimum Gasteiger partial charge on any atom is -0.332 e. The van der Waals surface area contributed by atoms with Gasteiger partial charge < -0.3 is 4.90 Å².